The number of methoxy groups -OCH3 is 2. The maximum Gasteiger partial charge on any atom is 0.493 e. The molecule has 23 heavy (non-hydrogen) atoms. The number of hydrogen-bond acceptors (Lipinski definition) is 6. The van der Waals surface area contributed by atoms with E-state index in [-0.39, 0.29) is 12.5 Å². The molecule has 0 fully saturated rings. The lowest BCUT2D eigenvalue weighted by atomic mass is 9.78. The molecule has 1 atom stereocenters. The highest BCUT2D eigenvalue weighted by molar-refractivity contribution is 6.61. The van der Waals surface area contributed by atoms with Crippen LogP contribution < -0.4 is 10.8 Å². The summed E-state index contributed by atoms with van der Waals surface area (Å²) in [5.74, 6) is -0.886. The third-order valence-electron chi connectivity index (χ3n) is 3.22. The van der Waals surface area contributed by atoms with E-state index in [9.17, 15) is 9.59 Å². The highest BCUT2D eigenvalue weighted by Crippen LogP contribution is 2.05. The van der Waals surface area contributed by atoms with Gasteiger partial charge in [-0.1, -0.05) is 24.3 Å². The van der Waals surface area contributed by atoms with Crippen molar-refractivity contribution in [2.45, 2.75) is 12.5 Å². The lowest BCUT2D eigenvalue weighted by molar-refractivity contribution is -0.145. The Morgan fingerprint density at radius 3 is 2.17 bits per heavy atom. The smallest absolute Gasteiger partial charge is 0.467 e. The number of rotatable bonds is 9. The van der Waals surface area contributed by atoms with Crippen molar-refractivity contribution in [3.8, 4) is 0 Å². The summed E-state index contributed by atoms with van der Waals surface area (Å²) in [6.07, 6.45) is 0.313. The average molecular weight is 323 g/mol. The largest absolute Gasteiger partial charge is 0.493 e. The molecule has 0 saturated heterocycles. The first-order valence-corrected chi connectivity index (χ1v) is 7.06. The van der Waals surface area contributed by atoms with Crippen LogP contribution >= 0.6 is 0 Å². The third-order valence-corrected chi connectivity index (χ3v) is 3.22. The van der Waals surface area contributed by atoms with Crippen molar-refractivity contribution in [2.75, 3.05) is 35.0 Å². The molecular weight excluding hydrogens is 301 g/mol. The van der Waals surface area contributed by atoms with Crippen molar-refractivity contribution in [1.29, 1.82) is 0 Å². The van der Waals surface area contributed by atoms with E-state index in [2.05, 4.69) is 5.32 Å². The zero-order chi connectivity index (χ0) is 17.2. The van der Waals surface area contributed by atoms with E-state index >= 15 is 0 Å². The van der Waals surface area contributed by atoms with Gasteiger partial charge in [0.25, 0.3) is 0 Å². The van der Waals surface area contributed by atoms with Crippen LogP contribution in [-0.2, 0) is 34.8 Å². The van der Waals surface area contributed by atoms with Gasteiger partial charge in [-0.3, -0.25) is 4.79 Å². The molecule has 7 nitrogen and oxygen atoms in total. The molecule has 1 N–H and O–H groups in total. The van der Waals surface area contributed by atoms with E-state index in [1.54, 1.807) is 14.2 Å². The molecule has 1 aromatic rings. The summed E-state index contributed by atoms with van der Waals surface area (Å²) in [6, 6.07) is 6.61. The molecule has 0 unspecified atom stereocenters. The minimum absolute atomic E-state index is 0.115. The molecule has 8 heteroatoms. The molecule has 1 amide bonds. The van der Waals surface area contributed by atoms with Gasteiger partial charge in [0.1, 0.15) is 12.6 Å². The second kappa shape index (κ2) is 9.99. The van der Waals surface area contributed by atoms with E-state index in [1.165, 1.54) is 14.2 Å². The zero-order valence-electron chi connectivity index (χ0n) is 13.8. The van der Waals surface area contributed by atoms with E-state index in [1.807, 2.05) is 24.3 Å². The molecule has 0 radical (unpaired) electrons. The van der Waals surface area contributed by atoms with Gasteiger partial charge < -0.3 is 24.1 Å². The number of nitrogens with one attached hydrogen (secondary N) is 1. The number of amides is 1. The lowest BCUT2D eigenvalue weighted by Gasteiger charge is -2.17. The quantitative estimate of drug-likeness (QED) is 0.488. The fraction of sp³-hybridized carbons (Fsp3) is 0.467. The van der Waals surface area contributed by atoms with Crippen LogP contribution in [-0.4, -0.2) is 60.1 Å². The first-order valence-electron chi connectivity index (χ1n) is 7.06. The second-order valence-corrected chi connectivity index (χ2v) is 4.83. The standard InChI is InChI=1S/C15H22BNO6/c1-20-10-14(18)17-13(15(19)21-2)9-11-5-7-12(8-6-11)16(22-3)23-4/h5-8,13H,9-10H2,1-4H3,(H,17,18)/t13-/m0/s1. The Bertz CT molecular complexity index is 503. The topological polar surface area (TPSA) is 83.1 Å². The summed E-state index contributed by atoms with van der Waals surface area (Å²) in [5, 5.41) is 2.59. The van der Waals surface area contributed by atoms with Crippen LogP contribution in [0.2, 0.25) is 0 Å². The molecule has 0 saturated carbocycles. The number of benzene rings is 1. The van der Waals surface area contributed by atoms with Crippen LogP contribution in [0.3, 0.4) is 0 Å². The molecule has 1 rings (SSSR count). The average Bonchev–Trinajstić information content (AvgIpc) is 2.56. The summed E-state index contributed by atoms with van der Waals surface area (Å²) >= 11 is 0. The monoisotopic (exact) mass is 323 g/mol. The van der Waals surface area contributed by atoms with Gasteiger partial charge in [-0.25, -0.2) is 4.79 Å². The molecule has 0 aliphatic carbocycles. The minimum atomic E-state index is -0.769. The Morgan fingerprint density at radius 1 is 1.09 bits per heavy atom. The van der Waals surface area contributed by atoms with Gasteiger partial charge in [0.15, 0.2) is 0 Å². The highest BCUT2D eigenvalue weighted by atomic mass is 16.6. The molecule has 0 bridgehead atoms. The van der Waals surface area contributed by atoms with Gasteiger partial charge in [0, 0.05) is 27.8 Å². The summed E-state index contributed by atoms with van der Waals surface area (Å²) in [6.45, 7) is -0.115. The van der Waals surface area contributed by atoms with Crippen LogP contribution in [0.4, 0.5) is 0 Å². The third kappa shape index (κ3) is 6.01. The molecular formula is C15H22BNO6. The maximum absolute atomic E-state index is 11.8. The van der Waals surface area contributed by atoms with Crippen molar-refractivity contribution in [1.82, 2.24) is 5.32 Å². The van der Waals surface area contributed by atoms with E-state index in [0.717, 1.165) is 11.0 Å². The Balaban J connectivity index is 2.79. The predicted molar refractivity (Wildman–Crippen MR) is 85.4 cm³/mol. The summed E-state index contributed by atoms with van der Waals surface area (Å²) < 4.78 is 19.8. The second-order valence-electron chi connectivity index (χ2n) is 4.83. The van der Waals surface area contributed by atoms with Crippen LogP contribution in [0.1, 0.15) is 5.56 Å². The van der Waals surface area contributed by atoms with Crippen LogP contribution in [0.5, 0.6) is 0 Å². The SMILES string of the molecule is COCC(=O)N[C@@H](Cc1ccc(B(OC)OC)cc1)C(=O)OC. The minimum Gasteiger partial charge on any atom is -0.467 e. The number of carbonyl (C=O) groups excluding carboxylic acids is 2. The molecule has 0 spiro atoms. The first kappa shape index (κ1) is 19.2. The number of hydrogen-bond donors (Lipinski definition) is 1. The maximum atomic E-state index is 11.8. The molecule has 1 aromatic carbocycles. The fourth-order valence-corrected chi connectivity index (χ4v) is 2.12. The Kier molecular flexibility index (Phi) is 8.32. The van der Waals surface area contributed by atoms with E-state index in [4.69, 9.17) is 18.8 Å². The van der Waals surface area contributed by atoms with Crippen LogP contribution in [0, 0.1) is 0 Å². The highest BCUT2D eigenvalue weighted by Gasteiger charge is 2.23. The molecule has 0 aromatic heterocycles. The van der Waals surface area contributed by atoms with Crippen molar-refractivity contribution >= 4 is 24.5 Å². The summed E-state index contributed by atoms with van der Waals surface area (Å²) in [7, 11) is 5.36. The van der Waals surface area contributed by atoms with E-state index < -0.39 is 19.1 Å². The van der Waals surface area contributed by atoms with Crippen LogP contribution in [0.15, 0.2) is 24.3 Å². The zero-order valence-corrected chi connectivity index (χ0v) is 13.8. The fourth-order valence-electron chi connectivity index (χ4n) is 2.12. The lowest BCUT2D eigenvalue weighted by Crippen LogP contribution is -2.44. The predicted octanol–water partition coefficient (Wildman–Crippen LogP) is -0.479. The number of carbonyl (C=O) groups is 2. The Hall–Kier alpha value is -1.90. The summed E-state index contributed by atoms with van der Waals surface area (Å²) in [5.41, 5.74) is 1.73. The molecule has 0 aliphatic rings. The summed E-state index contributed by atoms with van der Waals surface area (Å²) in [4.78, 5) is 23.4. The van der Waals surface area contributed by atoms with Crippen LogP contribution in [0.25, 0.3) is 0 Å². The van der Waals surface area contributed by atoms with Gasteiger partial charge >= 0.3 is 13.1 Å². The van der Waals surface area contributed by atoms with Crippen molar-refractivity contribution in [3.63, 3.8) is 0 Å². The Labute approximate surface area is 136 Å². The van der Waals surface area contributed by atoms with Gasteiger partial charge in [-0.05, 0) is 11.0 Å². The molecule has 126 valence electrons. The van der Waals surface area contributed by atoms with Crippen molar-refractivity contribution in [3.05, 3.63) is 29.8 Å². The van der Waals surface area contributed by atoms with Crippen molar-refractivity contribution < 1.29 is 28.4 Å². The number of ether oxygens (including phenoxy) is 2. The van der Waals surface area contributed by atoms with Gasteiger partial charge in [-0.2, -0.15) is 0 Å². The first-order chi connectivity index (χ1) is 11.0. The molecule has 0 aliphatic heterocycles. The van der Waals surface area contributed by atoms with Gasteiger partial charge in [0.2, 0.25) is 5.91 Å². The van der Waals surface area contributed by atoms with Gasteiger partial charge in [0.05, 0.1) is 7.11 Å². The number of esters is 1. The van der Waals surface area contributed by atoms with Crippen molar-refractivity contribution in [2.24, 2.45) is 0 Å². The molecule has 0 heterocycles. The van der Waals surface area contributed by atoms with E-state index in [0.29, 0.717) is 6.42 Å². The van der Waals surface area contributed by atoms with Gasteiger partial charge in [-0.15, -0.1) is 0 Å². The Morgan fingerprint density at radius 2 is 1.70 bits per heavy atom. The normalized spacial score (nSPS) is 11.7.